The first kappa shape index (κ1) is 15.2. The molecule has 0 spiro atoms. The Labute approximate surface area is 148 Å². The number of hydrogen-bond donors (Lipinski definition) is 0. The minimum absolute atomic E-state index is 0.0486. The summed E-state index contributed by atoms with van der Waals surface area (Å²) in [6.07, 6.45) is 0. The average molecular weight is 318 g/mol. The summed E-state index contributed by atoms with van der Waals surface area (Å²) >= 11 is 0. The van der Waals surface area contributed by atoms with Crippen LogP contribution in [0.3, 0.4) is 0 Å². The first-order valence-corrected chi connectivity index (χ1v) is 8.51. The molecule has 0 aromatic heterocycles. The molecule has 0 saturated carbocycles. The fourth-order valence-corrected chi connectivity index (χ4v) is 3.17. The molecule has 0 saturated heterocycles. The molecular weight excluding hydrogens is 300 g/mol. The second kappa shape index (κ2) is 7.07. The van der Waals surface area contributed by atoms with E-state index in [2.05, 4.69) is 90.7 Å². The third kappa shape index (κ3) is 3.32. The lowest BCUT2D eigenvalue weighted by molar-refractivity contribution is 1.08. The van der Waals surface area contributed by atoms with Crippen molar-refractivity contribution in [1.29, 1.82) is 0 Å². The van der Waals surface area contributed by atoms with Gasteiger partial charge in [-0.3, -0.25) is 0 Å². The van der Waals surface area contributed by atoms with Gasteiger partial charge in [0, 0.05) is 5.56 Å². The highest BCUT2D eigenvalue weighted by Crippen LogP contribution is 2.30. The van der Waals surface area contributed by atoms with Crippen LogP contribution in [0.15, 0.2) is 103 Å². The summed E-state index contributed by atoms with van der Waals surface area (Å²) in [5.74, 6) is 6.92. The molecule has 118 valence electrons. The molecule has 0 heteroatoms. The van der Waals surface area contributed by atoms with E-state index in [1.54, 1.807) is 0 Å². The Hall–Kier alpha value is -3.30. The molecule has 4 aromatic rings. The van der Waals surface area contributed by atoms with Gasteiger partial charge < -0.3 is 0 Å². The van der Waals surface area contributed by atoms with E-state index in [1.165, 1.54) is 21.9 Å². The molecule has 0 aliphatic rings. The third-order valence-corrected chi connectivity index (χ3v) is 4.40. The van der Waals surface area contributed by atoms with Crippen LogP contribution >= 0.6 is 0 Å². The Morgan fingerprint density at radius 1 is 0.560 bits per heavy atom. The van der Waals surface area contributed by atoms with E-state index in [4.69, 9.17) is 0 Å². The van der Waals surface area contributed by atoms with Crippen molar-refractivity contribution < 1.29 is 0 Å². The zero-order chi connectivity index (χ0) is 16.9. The number of rotatable bonds is 2. The number of fused-ring (bicyclic) bond motifs is 1. The summed E-state index contributed by atoms with van der Waals surface area (Å²) in [5.41, 5.74) is 3.53. The van der Waals surface area contributed by atoms with Gasteiger partial charge in [0.05, 0.1) is 5.92 Å². The van der Waals surface area contributed by atoms with Crippen molar-refractivity contribution in [3.63, 3.8) is 0 Å². The molecule has 1 atom stereocenters. The van der Waals surface area contributed by atoms with Crippen molar-refractivity contribution >= 4 is 10.8 Å². The molecule has 4 aromatic carbocycles. The lowest BCUT2D eigenvalue weighted by atomic mass is 9.88. The molecule has 4 rings (SSSR count). The highest BCUT2D eigenvalue weighted by Gasteiger charge is 2.14. The highest BCUT2D eigenvalue weighted by atomic mass is 14.2. The summed E-state index contributed by atoms with van der Waals surface area (Å²) in [6, 6.07) is 35.7. The monoisotopic (exact) mass is 318 g/mol. The van der Waals surface area contributed by atoms with E-state index >= 15 is 0 Å². The van der Waals surface area contributed by atoms with Crippen molar-refractivity contribution in [3.05, 3.63) is 120 Å². The van der Waals surface area contributed by atoms with Crippen LogP contribution < -0.4 is 0 Å². The Bertz CT molecular complexity index is 1030. The first-order valence-electron chi connectivity index (χ1n) is 8.51. The third-order valence-electron chi connectivity index (χ3n) is 4.40. The van der Waals surface area contributed by atoms with E-state index in [1.807, 2.05) is 24.3 Å². The van der Waals surface area contributed by atoms with E-state index in [0.29, 0.717) is 0 Å². The fourth-order valence-electron chi connectivity index (χ4n) is 3.17. The van der Waals surface area contributed by atoms with Crippen molar-refractivity contribution in [2.75, 3.05) is 0 Å². The van der Waals surface area contributed by atoms with Gasteiger partial charge in [-0.25, -0.2) is 0 Å². The zero-order valence-electron chi connectivity index (χ0n) is 13.9. The normalized spacial score (nSPS) is 11.5. The molecule has 25 heavy (non-hydrogen) atoms. The van der Waals surface area contributed by atoms with Crippen LogP contribution in [0.4, 0.5) is 0 Å². The standard InChI is InChI=1S/C25H18/c1-3-10-20(11-4-1)18-19-24(21-12-5-2-6-13-21)25-17-9-15-22-14-7-8-16-23(22)25/h1-17,24H. The molecule has 0 fully saturated rings. The maximum absolute atomic E-state index is 3.51. The maximum Gasteiger partial charge on any atom is 0.0711 e. The molecule has 1 unspecified atom stereocenters. The largest absolute Gasteiger partial charge is 0.0848 e. The minimum Gasteiger partial charge on any atom is -0.0848 e. The summed E-state index contributed by atoms with van der Waals surface area (Å²) in [5, 5.41) is 2.52. The lowest BCUT2D eigenvalue weighted by Gasteiger charge is -2.14. The van der Waals surface area contributed by atoms with Crippen LogP contribution in [-0.2, 0) is 0 Å². The van der Waals surface area contributed by atoms with Crippen LogP contribution in [0.1, 0.15) is 22.6 Å². The SMILES string of the molecule is C(#CC(c1ccccc1)c1cccc2ccccc12)c1ccccc1. The average Bonchev–Trinajstić information content (AvgIpc) is 2.70. The van der Waals surface area contributed by atoms with Crippen molar-refractivity contribution in [2.24, 2.45) is 0 Å². The van der Waals surface area contributed by atoms with Gasteiger partial charge in [0.15, 0.2) is 0 Å². The first-order chi connectivity index (χ1) is 12.4. The van der Waals surface area contributed by atoms with Crippen molar-refractivity contribution in [1.82, 2.24) is 0 Å². The van der Waals surface area contributed by atoms with E-state index in [-0.39, 0.29) is 5.92 Å². The zero-order valence-corrected chi connectivity index (χ0v) is 13.9. The van der Waals surface area contributed by atoms with Crippen LogP contribution in [0, 0.1) is 11.8 Å². The van der Waals surface area contributed by atoms with Crippen LogP contribution in [0.5, 0.6) is 0 Å². The number of hydrogen-bond acceptors (Lipinski definition) is 0. The van der Waals surface area contributed by atoms with Gasteiger partial charge in [-0.15, -0.1) is 0 Å². The van der Waals surface area contributed by atoms with Crippen LogP contribution in [0.25, 0.3) is 10.8 Å². The number of benzene rings is 4. The predicted molar refractivity (Wildman–Crippen MR) is 106 cm³/mol. The van der Waals surface area contributed by atoms with E-state index < -0.39 is 0 Å². The topological polar surface area (TPSA) is 0 Å². The lowest BCUT2D eigenvalue weighted by Crippen LogP contribution is -1.99. The van der Waals surface area contributed by atoms with Crippen molar-refractivity contribution in [2.45, 2.75) is 5.92 Å². The molecule has 0 heterocycles. The van der Waals surface area contributed by atoms with Gasteiger partial charge in [0.25, 0.3) is 0 Å². The van der Waals surface area contributed by atoms with E-state index in [0.717, 1.165) is 5.56 Å². The minimum atomic E-state index is 0.0486. The quantitative estimate of drug-likeness (QED) is 0.396. The fraction of sp³-hybridized carbons (Fsp3) is 0.0400. The molecule has 0 bridgehead atoms. The Kier molecular flexibility index (Phi) is 4.31. The van der Waals surface area contributed by atoms with Gasteiger partial charge >= 0.3 is 0 Å². The maximum atomic E-state index is 3.51. The van der Waals surface area contributed by atoms with Crippen LogP contribution in [0.2, 0.25) is 0 Å². The summed E-state index contributed by atoms with van der Waals surface area (Å²) in [6.45, 7) is 0. The predicted octanol–water partition coefficient (Wildman–Crippen LogP) is 6.02. The van der Waals surface area contributed by atoms with Gasteiger partial charge in [0.1, 0.15) is 0 Å². The molecule has 0 N–H and O–H groups in total. The second-order valence-electron chi connectivity index (χ2n) is 6.05. The Morgan fingerprint density at radius 3 is 2.00 bits per heavy atom. The molecule has 0 radical (unpaired) electrons. The summed E-state index contributed by atoms with van der Waals surface area (Å²) in [7, 11) is 0. The Morgan fingerprint density at radius 2 is 1.20 bits per heavy atom. The van der Waals surface area contributed by atoms with Crippen LogP contribution in [-0.4, -0.2) is 0 Å². The summed E-state index contributed by atoms with van der Waals surface area (Å²) in [4.78, 5) is 0. The second-order valence-corrected chi connectivity index (χ2v) is 6.05. The van der Waals surface area contributed by atoms with Gasteiger partial charge in [-0.05, 0) is 34.0 Å². The van der Waals surface area contributed by atoms with Gasteiger partial charge in [-0.1, -0.05) is 103 Å². The van der Waals surface area contributed by atoms with E-state index in [9.17, 15) is 0 Å². The molecule has 0 nitrogen and oxygen atoms in total. The van der Waals surface area contributed by atoms with Gasteiger partial charge in [0.2, 0.25) is 0 Å². The molecule has 0 aliphatic heterocycles. The molecular formula is C25H18. The Balaban J connectivity index is 1.88. The summed E-state index contributed by atoms with van der Waals surface area (Å²) < 4.78 is 0. The molecule has 0 amide bonds. The van der Waals surface area contributed by atoms with Gasteiger partial charge in [-0.2, -0.15) is 0 Å². The van der Waals surface area contributed by atoms with Crippen molar-refractivity contribution in [3.8, 4) is 11.8 Å². The smallest absolute Gasteiger partial charge is 0.0711 e. The highest BCUT2D eigenvalue weighted by molar-refractivity contribution is 5.87. The molecule has 0 aliphatic carbocycles.